The lowest BCUT2D eigenvalue weighted by Gasteiger charge is -2.08. The third kappa shape index (κ3) is 3.08. The number of para-hydroxylation sites is 1. The highest BCUT2D eigenvalue weighted by molar-refractivity contribution is 6.01. The number of fused-ring (bicyclic) bond motifs is 1. The van der Waals surface area contributed by atoms with Crippen molar-refractivity contribution in [2.45, 2.75) is 27.3 Å². The first-order valence-corrected chi connectivity index (χ1v) is 6.74. The Balaban J connectivity index is 2.18. The van der Waals surface area contributed by atoms with Crippen molar-refractivity contribution in [2.24, 2.45) is 5.92 Å². The molecule has 0 atom stereocenters. The van der Waals surface area contributed by atoms with Crippen LogP contribution in [0.4, 0.5) is 10.5 Å². The zero-order valence-electron chi connectivity index (χ0n) is 11.7. The molecular weight excluding hydrogens is 238 g/mol. The second-order valence-electron chi connectivity index (χ2n) is 5.07. The van der Waals surface area contributed by atoms with E-state index in [0.29, 0.717) is 12.5 Å². The van der Waals surface area contributed by atoms with Crippen LogP contribution in [0.5, 0.6) is 0 Å². The summed E-state index contributed by atoms with van der Waals surface area (Å²) in [6, 6.07) is 7.94. The maximum atomic E-state index is 11.8. The van der Waals surface area contributed by atoms with E-state index in [1.807, 2.05) is 24.4 Å². The Kier molecular flexibility index (Phi) is 4.10. The molecule has 2 rings (SSSR count). The number of amides is 2. The minimum absolute atomic E-state index is 0.146. The normalized spacial score (nSPS) is 10.9. The van der Waals surface area contributed by atoms with E-state index < -0.39 is 0 Å². The number of benzene rings is 1. The van der Waals surface area contributed by atoms with Crippen molar-refractivity contribution < 1.29 is 4.79 Å². The number of nitrogens with zero attached hydrogens (tertiary/aromatic N) is 1. The summed E-state index contributed by atoms with van der Waals surface area (Å²) in [6.45, 7) is 7.80. The van der Waals surface area contributed by atoms with Crippen molar-refractivity contribution in [3.8, 4) is 0 Å². The van der Waals surface area contributed by atoms with Crippen molar-refractivity contribution in [3.05, 3.63) is 30.5 Å². The Morgan fingerprint density at radius 3 is 2.74 bits per heavy atom. The van der Waals surface area contributed by atoms with Crippen molar-refractivity contribution in [1.82, 2.24) is 9.88 Å². The van der Waals surface area contributed by atoms with E-state index in [9.17, 15) is 4.79 Å². The molecule has 2 N–H and O–H groups in total. The van der Waals surface area contributed by atoms with Crippen molar-refractivity contribution in [1.29, 1.82) is 0 Å². The number of aryl methyl sites for hydroxylation is 1. The fourth-order valence-corrected chi connectivity index (χ4v) is 2.07. The van der Waals surface area contributed by atoms with E-state index in [4.69, 9.17) is 0 Å². The van der Waals surface area contributed by atoms with Gasteiger partial charge in [0.25, 0.3) is 0 Å². The highest BCUT2D eigenvalue weighted by Gasteiger charge is 2.09. The number of hydrogen-bond acceptors (Lipinski definition) is 1. The lowest BCUT2D eigenvalue weighted by atomic mass is 10.2. The Bertz CT molecular complexity index is 572. The van der Waals surface area contributed by atoms with Gasteiger partial charge in [-0.15, -0.1) is 0 Å². The van der Waals surface area contributed by atoms with Crippen molar-refractivity contribution >= 4 is 22.6 Å². The molecule has 0 aliphatic carbocycles. The van der Waals surface area contributed by atoms with Gasteiger partial charge in [-0.05, 0) is 18.9 Å². The van der Waals surface area contributed by atoms with E-state index in [1.54, 1.807) is 0 Å². The molecule has 1 heterocycles. The summed E-state index contributed by atoms with van der Waals surface area (Å²) in [6.07, 6.45) is 1.99. The number of carbonyl (C=O) groups is 1. The molecule has 1 aromatic carbocycles. The molecule has 0 aliphatic rings. The minimum atomic E-state index is -0.146. The number of nitrogens with one attached hydrogen (secondary N) is 2. The molecule has 0 bridgehead atoms. The van der Waals surface area contributed by atoms with Gasteiger partial charge in [0.2, 0.25) is 0 Å². The van der Waals surface area contributed by atoms with Crippen LogP contribution in [-0.2, 0) is 6.54 Å². The van der Waals surface area contributed by atoms with Crippen LogP contribution in [0, 0.1) is 5.92 Å². The predicted octanol–water partition coefficient (Wildman–Crippen LogP) is 3.44. The molecule has 4 heteroatoms. The SMILES string of the molecule is CCn1cc(NC(=O)NCC(C)C)c2ccccc21. The van der Waals surface area contributed by atoms with Gasteiger partial charge in [0.05, 0.1) is 11.2 Å². The number of urea groups is 1. The maximum Gasteiger partial charge on any atom is 0.319 e. The average Bonchev–Trinajstić information content (AvgIpc) is 2.75. The third-order valence-electron chi connectivity index (χ3n) is 3.05. The molecule has 19 heavy (non-hydrogen) atoms. The van der Waals surface area contributed by atoms with Gasteiger partial charge in [0.15, 0.2) is 0 Å². The Morgan fingerprint density at radius 1 is 1.32 bits per heavy atom. The Hall–Kier alpha value is -1.97. The largest absolute Gasteiger partial charge is 0.346 e. The van der Waals surface area contributed by atoms with Crippen LogP contribution in [0.2, 0.25) is 0 Å². The molecule has 0 spiro atoms. The molecule has 2 amide bonds. The highest BCUT2D eigenvalue weighted by atomic mass is 16.2. The van der Waals surface area contributed by atoms with Crippen LogP contribution in [0.1, 0.15) is 20.8 Å². The third-order valence-corrected chi connectivity index (χ3v) is 3.05. The van der Waals surface area contributed by atoms with Gasteiger partial charge in [0.1, 0.15) is 0 Å². The number of aromatic nitrogens is 1. The van der Waals surface area contributed by atoms with Gasteiger partial charge in [-0.1, -0.05) is 32.0 Å². The zero-order chi connectivity index (χ0) is 13.8. The van der Waals surface area contributed by atoms with Gasteiger partial charge in [0, 0.05) is 24.7 Å². The standard InChI is InChI=1S/C15H21N3O/c1-4-18-10-13(12-7-5-6-8-14(12)18)17-15(19)16-9-11(2)3/h5-8,10-11H,4,9H2,1-3H3,(H2,16,17,19). The number of hydrogen-bond donors (Lipinski definition) is 2. The van der Waals surface area contributed by atoms with Crippen molar-refractivity contribution in [2.75, 3.05) is 11.9 Å². The lowest BCUT2D eigenvalue weighted by molar-refractivity contribution is 0.251. The number of anilines is 1. The van der Waals surface area contributed by atoms with Crippen LogP contribution in [0.15, 0.2) is 30.5 Å². The predicted molar refractivity (Wildman–Crippen MR) is 79.5 cm³/mol. The van der Waals surface area contributed by atoms with Gasteiger partial charge in [-0.3, -0.25) is 0 Å². The van der Waals surface area contributed by atoms with Crippen LogP contribution in [0.25, 0.3) is 10.9 Å². The van der Waals surface area contributed by atoms with Gasteiger partial charge >= 0.3 is 6.03 Å². The summed E-state index contributed by atoms with van der Waals surface area (Å²) < 4.78 is 2.13. The van der Waals surface area contributed by atoms with Crippen LogP contribution >= 0.6 is 0 Å². The molecule has 0 saturated carbocycles. The van der Waals surface area contributed by atoms with Gasteiger partial charge in [-0.25, -0.2) is 4.79 Å². The number of carbonyl (C=O) groups excluding carboxylic acids is 1. The molecule has 1 aromatic heterocycles. The fraction of sp³-hybridized carbons (Fsp3) is 0.400. The van der Waals surface area contributed by atoms with E-state index in [0.717, 1.165) is 23.1 Å². The topological polar surface area (TPSA) is 46.1 Å². The smallest absolute Gasteiger partial charge is 0.319 e. The molecule has 0 unspecified atom stereocenters. The molecule has 102 valence electrons. The summed E-state index contributed by atoms with van der Waals surface area (Å²) >= 11 is 0. The van der Waals surface area contributed by atoms with Crippen molar-refractivity contribution in [3.63, 3.8) is 0 Å². The first-order chi connectivity index (χ1) is 9.11. The Labute approximate surface area is 113 Å². The van der Waals surface area contributed by atoms with Crippen LogP contribution in [-0.4, -0.2) is 17.1 Å². The molecular formula is C15H21N3O. The monoisotopic (exact) mass is 259 g/mol. The highest BCUT2D eigenvalue weighted by Crippen LogP contribution is 2.25. The van der Waals surface area contributed by atoms with E-state index in [1.165, 1.54) is 0 Å². The van der Waals surface area contributed by atoms with E-state index >= 15 is 0 Å². The molecule has 0 saturated heterocycles. The molecule has 0 aliphatic heterocycles. The van der Waals surface area contributed by atoms with Crippen LogP contribution in [0.3, 0.4) is 0 Å². The average molecular weight is 259 g/mol. The molecule has 0 radical (unpaired) electrons. The van der Waals surface area contributed by atoms with Gasteiger partial charge in [-0.2, -0.15) is 0 Å². The number of rotatable bonds is 4. The summed E-state index contributed by atoms with van der Waals surface area (Å²) in [7, 11) is 0. The maximum absolute atomic E-state index is 11.8. The van der Waals surface area contributed by atoms with Crippen LogP contribution < -0.4 is 10.6 Å². The summed E-state index contributed by atoms with van der Waals surface area (Å²) in [5.74, 6) is 0.447. The van der Waals surface area contributed by atoms with E-state index in [-0.39, 0.29) is 6.03 Å². The quantitative estimate of drug-likeness (QED) is 0.868. The first kappa shape index (κ1) is 13.5. The minimum Gasteiger partial charge on any atom is -0.346 e. The second kappa shape index (κ2) is 5.78. The second-order valence-corrected chi connectivity index (χ2v) is 5.07. The lowest BCUT2D eigenvalue weighted by Crippen LogP contribution is -2.31. The van der Waals surface area contributed by atoms with E-state index in [2.05, 4.69) is 42.0 Å². The summed E-state index contributed by atoms with van der Waals surface area (Å²) in [5, 5.41) is 6.86. The van der Waals surface area contributed by atoms with Gasteiger partial charge < -0.3 is 15.2 Å². The summed E-state index contributed by atoms with van der Waals surface area (Å²) in [5.41, 5.74) is 2.00. The molecule has 2 aromatic rings. The fourth-order valence-electron chi connectivity index (χ4n) is 2.07. The molecule has 4 nitrogen and oxygen atoms in total. The summed E-state index contributed by atoms with van der Waals surface area (Å²) in [4.78, 5) is 11.8. The first-order valence-electron chi connectivity index (χ1n) is 6.74. The molecule has 0 fully saturated rings. The Morgan fingerprint density at radius 2 is 2.05 bits per heavy atom. The zero-order valence-corrected chi connectivity index (χ0v) is 11.7.